The minimum Gasteiger partial charge on any atom is -0.493 e. The van der Waals surface area contributed by atoms with Crippen LogP contribution < -0.4 is 20.9 Å². The minimum atomic E-state index is -0.478. The number of ether oxygens (including phenoxy) is 1. The van der Waals surface area contributed by atoms with E-state index in [0.29, 0.717) is 30.2 Å². The van der Waals surface area contributed by atoms with Crippen molar-refractivity contribution in [3.05, 3.63) is 46.9 Å². The molecule has 126 valence electrons. The molecule has 24 heavy (non-hydrogen) atoms. The number of aromatic nitrogens is 2. The van der Waals surface area contributed by atoms with Gasteiger partial charge in [-0.3, -0.25) is 10.9 Å². The second-order valence-corrected chi connectivity index (χ2v) is 5.58. The lowest BCUT2D eigenvalue weighted by Crippen LogP contribution is -2.41. The number of fused-ring (bicyclic) bond motifs is 1. The normalized spacial score (nSPS) is 16.3. The summed E-state index contributed by atoms with van der Waals surface area (Å²) < 4.78 is 19.1. The standard InChI is InChI=1S/C15H15ClFN5O2/c16-13-5-6-14(20-19-13)21-22-15(23)18-11-2-1-7-24-12-4-3-9(17)8-10(11)12/h3-6,8,11H,1-2,7H2,(H,20,21)(H2,18,22,23)/t11-/m0/s1. The van der Waals surface area contributed by atoms with E-state index in [4.69, 9.17) is 16.3 Å². The first-order chi connectivity index (χ1) is 11.6. The summed E-state index contributed by atoms with van der Waals surface area (Å²) in [6.45, 7) is 0.525. The smallest absolute Gasteiger partial charge is 0.333 e. The second-order valence-electron chi connectivity index (χ2n) is 5.19. The van der Waals surface area contributed by atoms with Crippen LogP contribution in [0.2, 0.25) is 5.15 Å². The molecule has 9 heteroatoms. The molecule has 1 aliphatic heterocycles. The number of benzene rings is 1. The Morgan fingerprint density at radius 1 is 1.29 bits per heavy atom. The highest BCUT2D eigenvalue weighted by Crippen LogP contribution is 2.31. The summed E-state index contributed by atoms with van der Waals surface area (Å²) in [6, 6.07) is 6.57. The van der Waals surface area contributed by atoms with Crippen molar-refractivity contribution in [2.24, 2.45) is 0 Å². The molecule has 0 aliphatic carbocycles. The summed E-state index contributed by atoms with van der Waals surface area (Å²) in [6.07, 6.45) is 1.39. The molecule has 2 amide bonds. The molecule has 0 fully saturated rings. The van der Waals surface area contributed by atoms with Crippen LogP contribution in [0.5, 0.6) is 5.75 Å². The summed E-state index contributed by atoms with van der Waals surface area (Å²) in [5, 5.41) is 10.4. The highest BCUT2D eigenvalue weighted by atomic mass is 35.5. The zero-order chi connectivity index (χ0) is 16.9. The van der Waals surface area contributed by atoms with Gasteiger partial charge in [-0.15, -0.1) is 10.2 Å². The molecule has 1 aliphatic rings. The number of carbonyl (C=O) groups is 1. The van der Waals surface area contributed by atoms with Crippen molar-refractivity contribution in [1.29, 1.82) is 0 Å². The molecule has 1 aromatic heterocycles. The number of halogens is 2. The van der Waals surface area contributed by atoms with E-state index in [0.717, 1.165) is 6.42 Å². The number of hydrogen-bond acceptors (Lipinski definition) is 5. The number of amides is 2. The van der Waals surface area contributed by atoms with E-state index < -0.39 is 6.03 Å². The lowest BCUT2D eigenvalue weighted by atomic mass is 10.0. The lowest BCUT2D eigenvalue weighted by molar-refractivity contribution is 0.238. The Balaban J connectivity index is 1.63. The molecule has 0 saturated heterocycles. The van der Waals surface area contributed by atoms with E-state index in [2.05, 4.69) is 26.4 Å². The van der Waals surface area contributed by atoms with E-state index in [1.165, 1.54) is 18.2 Å². The van der Waals surface area contributed by atoms with Crippen LogP contribution in [0.25, 0.3) is 0 Å². The fourth-order valence-electron chi connectivity index (χ4n) is 2.40. The van der Waals surface area contributed by atoms with Crippen molar-refractivity contribution in [1.82, 2.24) is 20.9 Å². The third-order valence-electron chi connectivity index (χ3n) is 3.48. The quantitative estimate of drug-likeness (QED) is 0.740. The molecule has 7 nitrogen and oxygen atoms in total. The molecule has 0 saturated carbocycles. The number of rotatable bonds is 3. The summed E-state index contributed by atoms with van der Waals surface area (Å²) in [5.74, 6) is 0.543. The van der Waals surface area contributed by atoms with Gasteiger partial charge in [-0.25, -0.2) is 9.18 Å². The molecule has 3 N–H and O–H groups in total. The molecule has 2 aromatic rings. The van der Waals surface area contributed by atoms with Crippen LogP contribution in [-0.2, 0) is 0 Å². The molecule has 0 spiro atoms. The molecular weight excluding hydrogens is 337 g/mol. The number of anilines is 1. The minimum absolute atomic E-state index is 0.252. The SMILES string of the molecule is O=C(NNc1ccc(Cl)nn1)N[C@H]1CCCOc2ccc(F)cc21. The zero-order valence-electron chi connectivity index (χ0n) is 12.6. The fourth-order valence-corrected chi connectivity index (χ4v) is 2.50. The highest BCUT2D eigenvalue weighted by molar-refractivity contribution is 6.29. The first kappa shape index (κ1) is 16.3. The maximum absolute atomic E-state index is 13.5. The third-order valence-corrected chi connectivity index (χ3v) is 3.68. The van der Waals surface area contributed by atoms with Gasteiger partial charge in [0.1, 0.15) is 11.6 Å². The highest BCUT2D eigenvalue weighted by Gasteiger charge is 2.22. The summed E-state index contributed by atoms with van der Waals surface area (Å²) in [7, 11) is 0. The Morgan fingerprint density at radius 3 is 2.96 bits per heavy atom. The Hall–Kier alpha value is -2.61. The van der Waals surface area contributed by atoms with Crippen molar-refractivity contribution in [2.45, 2.75) is 18.9 Å². The topological polar surface area (TPSA) is 88.2 Å². The van der Waals surface area contributed by atoms with Gasteiger partial charge in [0.05, 0.1) is 12.6 Å². The van der Waals surface area contributed by atoms with Gasteiger partial charge in [0.25, 0.3) is 0 Å². The van der Waals surface area contributed by atoms with E-state index in [1.54, 1.807) is 12.1 Å². The summed E-state index contributed by atoms with van der Waals surface area (Å²) >= 11 is 5.64. The Kier molecular flexibility index (Phi) is 4.95. The van der Waals surface area contributed by atoms with Crippen LogP contribution in [-0.4, -0.2) is 22.8 Å². The van der Waals surface area contributed by atoms with E-state index >= 15 is 0 Å². The van der Waals surface area contributed by atoms with E-state index in [1.807, 2.05) is 0 Å². The van der Waals surface area contributed by atoms with Gasteiger partial charge in [0.15, 0.2) is 11.0 Å². The third kappa shape index (κ3) is 4.02. The largest absolute Gasteiger partial charge is 0.493 e. The zero-order valence-corrected chi connectivity index (χ0v) is 13.3. The van der Waals surface area contributed by atoms with Crippen LogP contribution in [0.3, 0.4) is 0 Å². The number of nitrogens with zero attached hydrogens (tertiary/aromatic N) is 2. The average Bonchev–Trinajstić information content (AvgIpc) is 2.77. The van der Waals surface area contributed by atoms with Gasteiger partial charge in [0, 0.05) is 5.56 Å². The first-order valence-corrected chi connectivity index (χ1v) is 7.73. The van der Waals surface area contributed by atoms with Crippen LogP contribution in [0.1, 0.15) is 24.4 Å². The van der Waals surface area contributed by atoms with Crippen molar-refractivity contribution >= 4 is 23.4 Å². The summed E-state index contributed by atoms with van der Waals surface area (Å²) in [4.78, 5) is 12.1. The molecule has 3 rings (SSSR count). The predicted molar refractivity (Wildman–Crippen MR) is 86.2 cm³/mol. The van der Waals surface area contributed by atoms with Gasteiger partial charge < -0.3 is 10.1 Å². The van der Waals surface area contributed by atoms with Crippen molar-refractivity contribution in [3.63, 3.8) is 0 Å². The molecule has 1 aromatic carbocycles. The van der Waals surface area contributed by atoms with E-state index in [-0.39, 0.29) is 17.0 Å². The van der Waals surface area contributed by atoms with Crippen LogP contribution >= 0.6 is 11.6 Å². The molecule has 0 unspecified atom stereocenters. The average molecular weight is 352 g/mol. The molecular formula is C15H15ClFN5O2. The lowest BCUT2D eigenvalue weighted by Gasteiger charge is -2.19. The van der Waals surface area contributed by atoms with Gasteiger partial charge in [-0.05, 0) is 43.2 Å². The molecule has 0 radical (unpaired) electrons. The summed E-state index contributed by atoms with van der Waals surface area (Å²) in [5.41, 5.74) is 5.68. The second kappa shape index (κ2) is 7.31. The monoisotopic (exact) mass is 351 g/mol. The number of nitrogens with one attached hydrogen (secondary N) is 3. The Morgan fingerprint density at radius 2 is 2.17 bits per heavy atom. The number of urea groups is 1. The fraction of sp³-hybridized carbons (Fsp3) is 0.267. The molecule has 1 atom stereocenters. The molecule has 0 bridgehead atoms. The van der Waals surface area contributed by atoms with Crippen molar-refractivity contribution < 1.29 is 13.9 Å². The number of hydrogen-bond donors (Lipinski definition) is 3. The van der Waals surface area contributed by atoms with Gasteiger partial charge in [-0.2, -0.15) is 0 Å². The van der Waals surface area contributed by atoms with Gasteiger partial charge in [0.2, 0.25) is 0 Å². The van der Waals surface area contributed by atoms with Crippen LogP contribution in [0.15, 0.2) is 30.3 Å². The van der Waals surface area contributed by atoms with Gasteiger partial charge >= 0.3 is 6.03 Å². The van der Waals surface area contributed by atoms with Crippen LogP contribution in [0.4, 0.5) is 15.0 Å². The van der Waals surface area contributed by atoms with Crippen molar-refractivity contribution in [3.8, 4) is 5.75 Å². The first-order valence-electron chi connectivity index (χ1n) is 7.36. The van der Waals surface area contributed by atoms with Gasteiger partial charge in [-0.1, -0.05) is 11.6 Å². The number of carbonyl (C=O) groups excluding carboxylic acids is 1. The Bertz CT molecular complexity index is 728. The maximum atomic E-state index is 13.5. The maximum Gasteiger partial charge on any atom is 0.333 e. The Labute approximate surface area is 142 Å². The predicted octanol–water partition coefficient (Wildman–Crippen LogP) is 2.81. The van der Waals surface area contributed by atoms with Crippen LogP contribution in [0, 0.1) is 5.82 Å². The van der Waals surface area contributed by atoms with E-state index in [9.17, 15) is 9.18 Å². The van der Waals surface area contributed by atoms with Crippen molar-refractivity contribution in [2.75, 3.05) is 12.0 Å². The number of hydrazine groups is 1. The molecule has 2 heterocycles.